The highest BCUT2D eigenvalue weighted by Crippen LogP contribution is 2.36. The van der Waals surface area contributed by atoms with Crippen LogP contribution in [0.3, 0.4) is 0 Å². The van der Waals surface area contributed by atoms with Gasteiger partial charge in [0.1, 0.15) is 5.76 Å². The lowest BCUT2D eigenvalue weighted by atomic mass is 9.91. The minimum atomic E-state index is -0.708. The van der Waals surface area contributed by atoms with Gasteiger partial charge in [0.25, 0.3) is 0 Å². The predicted molar refractivity (Wildman–Crippen MR) is 96.4 cm³/mol. The van der Waals surface area contributed by atoms with E-state index in [-0.39, 0.29) is 12.0 Å². The maximum Gasteiger partial charge on any atom is 0.307 e. The van der Waals surface area contributed by atoms with Crippen LogP contribution >= 0.6 is 0 Å². The summed E-state index contributed by atoms with van der Waals surface area (Å²) in [7, 11) is 0. The van der Waals surface area contributed by atoms with E-state index in [4.69, 9.17) is 4.42 Å². The van der Waals surface area contributed by atoms with E-state index in [0.29, 0.717) is 6.54 Å². The summed E-state index contributed by atoms with van der Waals surface area (Å²) < 4.78 is 5.76. The third-order valence-electron chi connectivity index (χ3n) is 5.10. The van der Waals surface area contributed by atoms with Crippen LogP contribution in [0.15, 0.2) is 65.3 Å². The number of piperidine rings is 1. The molecule has 25 heavy (non-hydrogen) atoms. The van der Waals surface area contributed by atoms with Crippen molar-refractivity contribution in [2.75, 3.05) is 13.1 Å². The minimum absolute atomic E-state index is 0.0664. The maximum absolute atomic E-state index is 11.5. The fraction of sp³-hybridized carbons (Fsp3) is 0.286. The number of nitrogens with zero attached hydrogens (tertiary/aromatic N) is 1. The third kappa shape index (κ3) is 3.05. The number of hydrogen-bond donors (Lipinski definition) is 1. The molecular formula is C21H21NO3. The molecule has 0 aliphatic carbocycles. The van der Waals surface area contributed by atoms with Gasteiger partial charge in [-0.15, -0.1) is 0 Å². The van der Waals surface area contributed by atoms with Crippen LogP contribution in [0.2, 0.25) is 0 Å². The van der Waals surface area contributed by atoms with Crippen LogP contribution in [-0.4, -0.2) is 29.1 Å². The molecular weight excluding hydrogens is 314 g/mol. The van der Waals surface area contributed by atoms with Crippen molar-refractivity contribution in [1.82, 2.24) is 4.90 Å². The van der Waals surface area contributed by atoms with E-state index in [9.17, 15) is 9.90 Å². The first-order valence-corrected chi connectivity index (χ1v) is 8.72. The average molecular weight is 335 g/mol. The highest BCUT2D eigenvalue weighted by molar-refractivity contribution is 5.86. The van der Waals surface area contributed by atoms with E-state index in [1.54, 1.807) is 6.26 Å². The highest BCUT2D eigenvalue weighted by Gasteiger charge is 2.33. The van der Waals surface area contributed by atoms with E-state index in [1.807, 2.05) is 24.3 Å². The van der Waals surface area contributed by atoms with Gasteiger partial charge in [0.05, 0.1) is 18.2 Å². The molecule has 128 valence electrons. The second-order valence-corrected chi connectivity index (χ2v) is 6.66. The second kappa shape index (κ2) is 6.73. The number of carboxylic acids is 1. The molecule has 1 aromatic heterocycles. The fourth-order valence-electron chi connectivity index (χ4n) is 3.91. The third-order valence-corrected chi connectivity index (χ3v) is 5.10. The molecule has 0 radical (unpaired) electrons. The lowest BCUT2D eigenvalue weighted by Gasteiger charge is -2.36. The number of hydrogen-bond acceptors (Lipinski definition) is 3. The summed E-state index contributed by atoms with van der Waals surface area (Å²) in [5, 5.41) is 11.8. The summed E-state index contributed by atoms with van der Waals surface area (Å²) in [6.07, 6.45) is 3.32. The molecule has 2 aromatic carbocycles. The van der Waals surface area contributed by atoms with Crippen LogP contribution in [0.25, 0.3) is 10.8 Å². The zero-order valence-corrected chi connectivity index (χ0v) is 14.0. The Hall–Kier alpha value is -2.59. The standard InChI is InChI=1S/C21H21NO3/c23-21(24)16-8-4-12-22(14-16)20(19-11-5-13-25-19)18-10-3-7-15-6-1-2-9-17(15)18/h1-3,5-7,9-11,13,16,20H,4,8,12,14H2,(H,23,24). The fourth-order valence-corrected chi connectivity index (χ4v) is 3.91. The summed E-state index contributed by atoms with van der Waals surface area (Å²) >= 11 is 0. The van der Waals surface area contributed by atoms with Gasteiger partial charge >= 0.3 is 5.97 Å². The topological polar surface area (TPSA) is 53.7 Å². The van der Waals surface area contributed by atoms with E-state index in [0.717, 1.165) is 25.1 Å². The first kappa shape index (κ1) is 15.9. The average Bonchev–Trinajstić information content (AvgIpc) is 3.17. The number of carboxylic acid groups (broad SMARTS) is 1. The molecule has 2 heterocycles. The van der Waals surface area contributed by atoms with Crippen LogP contribution in [0, 0.1) is 5.92 Å². The Morgan fingerprint density at radius 3 is 2.76 bits per heavy atom. The molecule has 1 aliphatic rings. The van der Waals surface area contributed by atoms with E-state index < -0.39 is 5.97 Å². The first-order chi connectivity index (χ1) is 12.2. The second-order valence-electron chi connectivity index (χ2n) is 6.66. The molecule has 0 saturated carbocycles. The number of likely N-dealkylation sites (tertiary alicyclic amines) is 1. The smallest absolute Gasteiger partial charge is 0.307 e. The Bertz CT molecular complexity index is 866. The molecule has 4 nitrogen and oxygen atoms in total. The summed E-state index contributed by atoms with van der Waals surface area (Å²) in [5.41, 5.74) is 1.17. The van der Waals surface area contributed by atoms with Gasteiger partial charge in [0.15, 0.2) is 0 Å². The van der Waals surface area contributed by atoms with Crippen molar-refractivity contribution >= 4 is 16.7 Å². The van der Waals surface area contributed by atoms with Crippen LogP contribution < -0.4 is 0 Å². The molecule has 3 aromatic rings. The van der Waals surface area contributed by atoms with E-state index >= 15 is 0 Å². The lowest BCUT2D eigenvalue weighted by Crippen LogP contribution is -2.41. The van der Waals surface area contributed by atoms with Crippen LogP contribution in [0.1, 0.15) is 30.2 Å². The van der Waals surface area contributed by atoms with E-state index in [1.165, 1.54) is 16.3 Å². The molecule has 4 rings (SSSR count). The Balaban J connectivity index is 1.80. The largest absolute Gasteiger partial charge is 0.481 e. The molecule has 2 atom stereocenters. The molecule has 2 unspecified atom stereocenters. The van der Waals surface area contributed by atoms with Gasteiger partial charge in [-0.3, -0.25) is 9.69 Å². The molecule has 1 fully saturated rings. The SMILES string of the molecule is O=C(O)C1CCCN(C(c2ccco2)c2cccc3ccccc23)C1. The van der Waals surface area contributed by atoms with Crippen molar-refractivity contribution in [1.29, 1.82) is 0 Å². The van der Waals surface area contributed by atoms with Gasteiger partial charge in [-0.1, -0.05) is 42.5 Å². The zero-order chi connectivity index (χ0) is 17.2. The summed E-state index contributed by atoms with van der Waals surface area (Å²) in [6, 6.07) is 18.4. The summed E-state index contributed by atoms with van der Waals surface area (Å²) in [6.45, 7) is 1.42. The molecule has 0 spiro atoms. The van der Waals surface area contributed by atoms with Crippen molar-refractivity contribution in [2.45, 2.75) is 18.9 Å². The monoisotopic (exact) mass is 335 g/mol. The van der Waals surface area contributed by atoms with Crippen molar-refractivity contribution in [3.05, 3.63) is 72.2 Å². The lowest BCUT2D eigenvalue weighted by molar-refractivity contribution is -0.143. The van der Waals surface area contributed by atoms with Gasteiger partial charge in [0.2, 0.25) is 0 Å². The Labute approximate surface area is 146 Å². The number of aliphatic carboxylic acids is 1. The van der Waals surface area contributed by atoms with Gasteiger partial charge in [-0.05, 0) is 47.9 Å². The molecule has 0 amide bonds. The minimum Gasteiger partial charge on any atom is -0.481 e. The number of furan rings is 1. The molecule has 1 saturated heterocycles. The number of benzene rings is 2. The maximum atomic E-state index is 11.5. The Morgan fingerprint density at radius 1 is 1.12 bits per heavy atom. The van der Waals surface area contributed by atoms with Gasteiger partial charge < -0.3 is 9.52 Å². The van der Waals surface area contributed by atoms with Crippen LogP contribution in [-0.2, 0) is 4.79 Å². The normalized spacial score (nSPS) is 19.8. The van der Waals surface area contributed by atoms with E-state index in [2.05, 4.69) is 35.2 Å². The van der Waals surface area contributed by atoms with Crippen molar-refractivity contribution in [3.63, 3.8) is 0 Å². The molecule has 0 bridgehead atoms. The zero-order valence-electron chi connectivity index (χ0n) is 14.0. The molecule has 4 heteroatoms. The molecule has 1 aliphatic heterocycles. The first-order valence-electron chi connectivity index (χ1n) is 8.72. The number of rotatable bonds is 4. The van der Waals surface area contributed by atoms with Crippen LogP contribution in [0.5, 0.6) is 0 Å². The Kier molecular flexibility index (Phi) is 4.28. The molecule has 1 N–H and O–H groups in total. The van der Waals surface area contributed by atoms with Gasteiger partial charge in [-0.2, -0.15) is 0 Å². The van der Waals surface area contributed by atoms with Crippen molar-refractivity contribution in [3.8, 4) is 0 Å². The number of fused-ring (bicyclic) bond motifs is 1. The van der Waals surface area contributed by atoms with Crippen molar-refractivity contribution in [2.24, 2.45) is 5.92 Å². The summed E-state index contributed by atoms with van der Waals surface area (Å²) in [4.78, 5) is 13.8. The Morgan fingerprint density at radius 2 is 1.96 bits per heavy atom. The van der Waals surface area contributed by atoms with Gasteiger partial charge in [-0.25, -0.2) is 0 Å². The van der Waals surface area contributed by atoms with Crippen LogP contribution in [0.4, 0.5) is 0 Å². The summed E-state index contributed by atoms with van der Waals surface area (Å²) in [5.74, 6) is -0.163. The quantitative estimate of drug-likeness (QED) is 0.771. The predicted octanol–water partition coefficient (Wildman–Crippen LogP) is 4.32. The van der Waals surface area contributed by atoms with Gasteiger partial charge in [0, 0.05) is 6.54 Å². The number of carbonyl (C=O) groups is 1. The van der Waals surface area contributed by atoms with Crippen molar-refractivity contribution < 1.29 is 14.3 Å². The highest BCUT2D eigenvalue weighted by atomic mass is 16.4.